The number of rotatable bonds is 4. The van der Waals surface area contributed by atoms with Crippen LogP contribution < -0.4 is 10.5 Å². The molecule has 0 amide bonds. The van der Waals surface area contributed by atoms with Gasteiger partial charge in [0.25, 0.3) is 0 Å². The van der Waals surface area contributed by atoms with Gasteiger partial charge in [-0.25, -0.2) is 4.39 Å². The van der Waals surface area contributed by atoms with Crippen molar-refractivity contribution in [1.29, 1.82) is 0 Å². The Bertz CT molecular complexity index is 344. The molecule has 0 fully saturated rings. The van der Waals surface area contributed by atoms with E-state index in [-0.39, 0.29) is 11.7 Å². The molecule has 1 aromatic rings. The van der Waals surface area contributed by atoms with Crippen LogP contribution in [0.15, 0.2) is 12.1 Å². The van der Waals surface area contributed by atoms with Crippen LogP contribution in [0.4, 0.5) is 4.39 Å². The maximum atomic E-state index is 13.6. The van der Waals surface area contributed by atoms with E-state index in [9.17, 15) is 4.39 Å². The summed E-state index contributed by atoms with van der Waals surface area (Å²) >= 11 is 5.79. The van der Waals surface area contributed by atoms with E-state index in [0.29, 0.717) is 22.9 Å². The fourth-order valence-corrected chi connectivity index (χ4v) is 1.71. The highest BCUT2D eigenvalue weighted by Crippen LogP contribution is 2.31. The summed E-state index contributed by atoms with van der Waals surface area (Å²) in [6, 6.07) is 2.92. The van der Waals surface area contributed by atoms with E-state index in [1.807, 2.05) is 6.92 Å². The molecule has 0 heterocycles. The second-order valence-electron chi connectivity index (χ2n) is 3.49. The van der Waals surface area contributed by atoms with Crippen molar-refractivity contribution in [2.45, 2.75) is 19.3 Å². The summed E-state index contributed by atoms with van der Waals surface area (Å²) in [5, 5.41) is 0.290. The van der Waals surface area contributed by atoms with Crippen LogP contribution in [-0.4, -0.2) is 13.7 Å². The summed E-state index contributed by atoms with van der Waals surface area (Å²) in [4.78, 5) is 0. The molecular weight excluding hydrogens is 217 g/mol. The van der Waals surface area contributed by atoms with Crippen molar-refractivity contribution in [1.82, 2.24) is 0 Å². The van der Waals surface area contributed by atoms with E-state index >= 15 is 0 Å². The highest BCUT2D eigenvalue weighted by molar-refractivity contribution is 6.32. The van der Waals surface area contributed by atoms with Crippen molar-refractivity contribution in [2.75, 3.05) is 13.7 Å². The molecule has 2 N–H and O–H groups in total. The van der Waals surface area contributed by atoms with Crippen molar-refractivity contribution < 1.29 is 9.13 Å². The molecule has 4 heteroatoms. The minimum absolute atomic E-state index is 0.0705. The largest absolute Gasteiger partial charge is 0.495 e. The average Bonchev–Trinajstić information content (AvgIpc) is 2.18. The highest BCUT2D eigenvalue weighted by Gasteiger charge is 2.14. The van der Waals surface area contributed by atoms with E-state index in [2.05, 4.69) is 0 Å². The molecule has 0 aliphatic carbocycles. The molecule has 0 radical (unpaired) electrons. The van der Waals surface area contributed by atoms with Gasteiger partial charge in [0, 0.05) is 0 Å². The van der Waals surface area contributed by atoms with E-state index < -0.39 is 0 Å². The van der Waals surface area contributed by atoms with Gasteiger partial charge in [0.05, 0.1) is 12.1 Å². The third kappa shape index (κ3) is 2.83. The molecule has 0 saturated heterocycles. The Kier molecular flexibility index (Phi) is 4.36. The maximum absolute atomic E-state index is 13.6. The van der Waals surface area contributed by atoms with Crippen LogP contribution in [0.2, 0.25) is 5.02 Å². The third-order valence-electron chi connectivity index (χ3n) is 2.40. The van der Waals surface area contributed by atoms with Gasteiger partial charge >= 0.3 is 0 Å². The quantitative estimate of drug-likeness (QED) is 0.865. The Hall–Kier alpha value is -0.800. The number of benzene rings is 1. The lowest BCUT2D eigenvalue weighted by molar-refractivity contribution is 0.412. The first-order chi connectivity index (χ1) is 7.10. The molecule has 0 aliphatic heterocycles. The fourth-order valence-electron chi connectivity index (χ4n) is 1.48. The third-order valence-corrected chi connectivity index (χ3v) is 2.70. The lowest BCUT2D eigenvalue weighted by Crippen LogP contribution is -2.06. The predicted octanol–water partition coefficient (Wildman–Crippen LogP) is 2.94. The standard InChI is InChI=1S/C11H15ClFNO/c1-7(3-4-14)8-5-11(15-2)9(12)6-10(8)13/h5-7H,3-4,14H2,1-2H3. The van der Waals surface area contributed by atoms with Gasteiger partial charge in [-0.1, -0.05) is 18.5 Å². The van der Waals surface area contributed by atoms with Crippen LogP contribution in [0.5, 0.6) is 5.75 Å². The smallest absolute Gasteiger partial charge is 0.137 e. The zero-order valence-corrected chi connectivity index (χ0v) is 9.64. The Morgan fingerprint density at radius 3 is 2.73 bits per heavy atom. The molecule has 1 unspecified atom stereocenters. The van der Waals surface area contributed by atoms with Crippen molar-refractivity contribution in [2.24, 2.45) is 5.73 Å². The van der Waals surface area contributed by atoms with Crippen LogP contribution in [0.25, 0.3) is 0 Å². The molecule has 0 spiro atoms. The zero-order valence-electron chi connectivity index (χ0n) is 8.89. The Balaban J connectivity index is 3.06. The Morgan fingerprint density at radius 2 is 2.20 bits per heavy atom. The number of halogens is 2. The molecule has 0 aromatic heterocycles. The minimum Gasteiger partial charge on any atom is -0.495 e. The normalized spacial score (nSPS) is 12.6. The van der Waals surface area contributed by atoms with E-state index in [0.717, 1.165) is 6.42 Å². The van der Waals surface area contributed by atoms with Gasteiger partial charge in [-0.15, -0.1) is 0 Å². The van der Waals surface area contributed by atoms with Crippen LogP contribution >= 0.6 is 11.6 Å². The van der Waals surface area contributed by atoms with E-state index in [1.54, 1.807) is 6.07 Å². The number of nitrogens with two attached hydrogens (primary N) is 1. The SMILES string of the molecule is COc1cc(C(C)CCN)c(F)cc1Cl. The van der Waals surface area contributed by atoms with E-state index in [4.69, 9.17) is 22.1 Å². The first kappa shape index (κ1) is 12.3. The first-order valence-electron chi connectivity index (χ1n) is 4.83. The summed E-state index contributed by atoms with van der Waals surface area (Å²) in [6.45, 7) is 2.46. The highest BCUT2D eigenvalue weighted by atomic mass is 35.5. The molecule has 0 aliphatic rings. The first-order valence-corrected chi connectivity index (χ1v) is 5.21. The van der Waals surface area contributed by atoms with Gasteiger partial charge in [0.1, 0.15) is 11.6 Å². The number of ether oxygens (including phenoxy) is 1. The summed E-state index contributed by atoms with van der Waals surface area (Å²) in [5.41, 5.74) is 6.04. The summed E-state index contributed by atoms with van der Waals surface area (Å²) in [5.74, 6) is 0.264. The second-order valence-corrected chi connectivity index (χ2v) is 3.89. The summed E-state index contributed by atoms with van der Waals surface area (Å²) in [7, 11) is 1.51. The molecule has 1 aromatic carbocycles. The summed E-state index contributed by atoms with van der Waals surface area (Å²) in [6.07, 6.45) is 0.738. The van der Waals surface area contributed by atoms with Gasteiger partial charge in [0.15, 0.2) is 0 Å². The van der Waals surface area contributed by atoms with Crippen LogP contribution in [-0.2, 0) is 0 Å². The molecule has 1 atom stereocenters. The zero-order chi connectivity index (χ0) is 11.4. The number of methoxy groups -OCH3 is 1. The lowest BCUT2D eigenvalue weighted by Gasteiger charge is -2.13. The van der Waals surface area contributed by atoms with Crippen molar-refractivity contribution in [3.8, 4) is 5.75 Å². The molecule has 15 heavy (non-hydrogen) atoms. The van der Waals surface area contributed by atoms with Crippen molar-refractivity contribution >= 4 is 11.6 Å². The minimum atomic E-state index is -0.304. The Morgan fingerprint density at radius 1 is 1.53 bits per heavy atom. The maximum Gasteiger partial charge on any atom is 0.137 e. The van der Waals surface area contributed by atoms with Crippen molar-refractivity contribution in [3.05, 3.63) is 28.5 Å². The second kappa shape index (κ2) is 5.33. The monoisotopic (exact) mass is 231 g/mol. The molecule has 0 saturated carbocycles. The van der Waals surface area contributed by atoms with Gasteiger partial charge < -0.3 is 10.5 Å². The fraction of sp³-hybridized carbons (Fsp3) is 0.455. The summed E-state index contributed by atoms with van der Waals surface area (Å²) < 4.78 is 18.6. The molecular formula is C11H15ClFNO. The number of hydrogen-bond donors (Lipinski definition) is 1. The molecule has 0 bridgehead atoms. The topological polar surface area (TPSA) is 35.2 Å². The van der Waals surface area contributed by atoms with Gasteiger partial charge in [0.2, 0.25) is 0 Å². The van der Waals surface area contributed by atoms with Gasteiger partial charge in [-0.05, 0) is 36.6 Å². The molecule has 2 nitrogen and oxygen atoms in total. The van der Waals surface area contributed by atoms with Crippen molar-refractivity contribution in [3.63, 3.8) is 0 Å². The number of hydrogen-bond acceptors (Lipinski definition) is 2. The van der Waals surface area contributed by atoms with Crippen LogP contribution in [0.3, 0.4) is 0 Å². The van der Waals surface area contributed by atoms with Crippen LogP contribution in [0.1, 0.15) is 24.8 Å². The predicted molar refractivity (Wildman–Crippen MR) is 60.0 cm³/mol. The molecule has 1 rings (SSSR count). The van der Waals surface area contributed by atoms with Gasteiger partial charge in [-0.3, -0.25) is 0 Å². The van der Waals surface area contributed by atoms with Gasteiger partial charge in [-0.2, -0.15) is 0 Å². The van der Waals surface area contributed by atoms with E-state index in [1.165, 1.54) is 13.2 Å². The Labute approximate surface area is 94.2 Å². The molecule has 84 valence electrons. The average molecular weight is 232 g/mol. The lowest BCUT2D eigenvalue weighted by atomic mass is 9.97. The van der Waals surface area contributed by atoms with Crippen LogP contribution in [0, 0.1) is 5.82 Å².